The molecule has 0 spiro atoms. The lowest BCUT2D eigenvalue weighted by Crippen LogP contribution is -2.27. The number of nitrogens with zero attached hydrogens (tertiary/aromatic N) is 1. The first-order chi connectivity index (χ1) is 9.44. The maximum atomic E-state index is 12.2. The summed E-state index contributed by atoms with van der Waals surface area (Å²) in [6.07, 6.45) is 0.612. The largest absolute Gasteiger partial charge is 0.390 e. The summed E-state index contributed by atoms with van der Waals surface area (Å²) >= 11 is 4.93. The van der Waals surface area contributed by atoms with Crippen molar-refractivity contribution < 1.29 is 13.5 Å². The smallest absolute Gasteiger partial charge is 0.244 e. The molecule has 0 fully saturated rings. The predicted octanol–water partition coefficient (Wildman–Crippen LogP) is 1.56. The van der Waals surface area contributed by atoms with Gasteiger partial charge < -0.3 is 5.11 Å². The predicted molar refractivity (Wildman–Crippen MR) is 80.2 cm³/mol. The fourth-order valence-corrected chi connectivity index (χ4v) is 4.67. The molecule has 0 amide bonds. The first-order valence-corrected chi connectivity index (χ1v) is 8.92. The van der Waals surface area contributed by atoms with Gasteiger partial charge in [-0.2, -0.15) is 5.10 Å². The number of hydrogen-bond acceptors (Lipinski definition) is 5. The van der Waals surface area contributed by atoms with E-state index in [1.54, 1.807) is 18.3 Å². The number of aryl methyl sites for hydroxylation is 1. The highest BCUT2D eigenvalue weighted by molar-refractivity contribution is 9.11. The van der Waals surface area contributed by atoms with E-state index >= 15 is 0 Å². The third kappa shape index (κ3) is 3.47. The van der Waals surface area contributed by atoms with Gasteiger partial charge in [-0.3, -0.25) is 5.10 Å². The molecule has 0 aliphatic carbocycles. The summed E-state index contributed by atoms with van der Waals surface area (Å²) in [5.41, 5.74) is 0.550. The van der Waals surface area contributed by atoms with Gasteiger partial charge in [-0.25, -0.2) is 13.1 Å². The maximum Gasteiger partial charge on any atom is 0.244 e. The van der Waals surface area contributed by atoms with Crippen LogP contribution in [0.5, 0.6) is 0 Å². The minimum Gasteiger partial charge on any atom is -0.390 e. The van der Waals surface area contributed by atoms with Crippen molar-refractivity contribution in [2.75, 3.05) is 6.54 Å². The molecule has 0 aliphatic rings. The Hall–Kier alpha value is -0.740. The third-order valence-electron chi connectivity index (χ3n) is 2.67. The lowest BCUT2D eigenvalue weighted by Gasteiger charge is -2.06. The van der Waals surface area contributed by atoms with E-state index in [0.717, 1.165) is 8.66 Å². The number of thiophene rings is 1. The highest BCUT2D eigenvalue weighted by Gasteiger charge is 2.23. The minimum absolute atomic E-state index is 0.0346. The Bertz CT molecular complexity index is 694. The Labute approximate surface area is 129 Å². The first kappa shape index (κ1) is 15.6. The van der Waals surface area contributed by atoms with E-state index in [0.29, 0.717) is 18.7 Å². The topological polar surface area (TPSA) is 95.1 Å². The van der Waals surface area contributed by atoms with Crippen LogP contribution in [0.25, 0.3) is 0 Å². The van der Waals surface area contributed by atoms with E-state index in [1.807, 2.05) is 12.1 Å². The van der Waals surface area contributed by atoms with Crippen molar-refractivity contribution in [3.8, 4) is 0 Å². The van der Waals surface area contributed by atoms with E-state index in [9.17, 15) is 8.42 Å². The molecule has 0 saturated heterocycles. The number of rotatable bonds is 6. The van der Waals surface area contributed by atoms with Crippen LogP contribution >= 0.6 is 27.3 Å². The highest BCUT2D eigenvalue weighted by atomic mass is 79.9. The van der Waals surface area contributed by atoms with Gasteiger partial charge in [-0.05, 0) is 41.4 Å². The van der Waals surface area contributed by atoms with Crippen molar-refractivity contribution in [3.63, 3.8) is 0 Å². The highest BCUT2D eigenvalue weighted by Crippen LogP contribution is 2.22. The van der Waals surface area contributed by atoms with Crippen LogP contribution in [-0.4, -0.2) is 30.3 Å². The van der Waals surface area contributed by atoms with Crippen LogP contribution in [-0.2, 0) is 23.1 Å². The molecule has 0 radical (unpaired) electrons. The molecule has 2 heterocycles. The fraction of sp³-hybridized carbons (Fsp3) is 0.364. The van der Waals surface area contributed by atoms with Gasteiger partial charge in [0.1, 0.15) is 10.6 Å². The normalized spacial score (nSPS) is 11.9. The van der Waals surface area contributed by atoms with Gasteiger partial charge in [0.15, 0.2) is 0 Å². The third-order valence-corrected chi connectivity index (χ3v) is 6.02. The Morgan fingerprint density at radius 2 is 2.25 bits per heavy atom. The van der Waals surface area contributed by atoms with Crippen LogP contribution in [0.4, 0.5) is 0 Å². The molecule has 2 aromatic rings. The Balaban J connectivity index is 2.06. The summed E-state index contributed by atoms with van der Waals surface area (Å²) < 4.78 is 27.9. The summed E-state index contributed by atoms with van der Waals surface area (Å²) in [6.45, 7) is 1.49. The number of aromatic amines is 1. The second-order valence-corrected chi connectivity index (χ2v) is 8.39. The van der Waals surface area contributed by atoms with Crippen molar-refractivity contribution >= 4 is 37.3 Å². The zero-order chi connectivity index (χ0) is 14.8. The van der Waals surface area contributed by atoms with Crippen molar-refractivity contribution in [1.82, 2.24) is 14.9 Å². The summed E-state index contributed by atoms with van der Waals surface area (Å²) in [6, 6.07) is 3.88. The second kappa shape index (κ2) is 6.35. The fourth-order valence-electron chi connectivity index (χ4n) is 1.80. The number of H-pyrrole nitrogens is 1. The average Bonchev–Trinajstić information content (AvgIpc) is 2.95. The van der Waals surface area contributed by atoms with E-state index in [2.05, 4.69) is 30.8 Å². The molecule has 0 atom stereocenters. The van der Waals surface area contributed by atoms with Gasteiger partial charge in [0.05, 0.1) is 16.1 Å². The van der Waals surface area contributed by atoms with Gasteiger partial charge in [0.2, 0.25) is 10.0 Å². The summed E-state index contributed by atoms with van der Waals surface area (Å²) in [5, 5.41) is 15.5. The molecule has 0 aromatic carbocycles. The quantitative estimate of drug-likeness (QED) is 0.709. The van der Waals surface area contributed by atoms with Crippen LogP contribution < -0.4 is 4.72 Å². The minimum atomic E-state index is -3.66. The first-order valence-electron chi connectivity index (χ1n) is 5.82. The van der Waals surface area contributed by atoms with E-state index in [4.69, 9.17) is 5.11 Å². The van der Waals surface area contributed by atoms with E-state index in [-0.39, 0.29) is 10.6 Å². The Morgan fingerprint density at radius 3 is 2.85 bits per heavy atom. The molecule has 9 heteroatoms. The Kier molecular flexibility index (Phi) is 4.97. The van der Waals surface area contributed by atoms with Crippen molar-refractivity contribution in [3.05, 3.63) is 32.2 Å². The van der Waals surface area contributed by atoms with Gasteiger partial charge in [-0.15, -0.1) is 11.3 Å². The number of halogens is 1. The number of aliphatic hydroxyl groups excluding tert-OH is 1. The number of hydrogen-bond donors (Lipinski definition) is 3. The molecule has 2 rings (SSSR count). The van der Waals surface area contributed by atoms with Crippen LogP contribution in [0.15, 0.2) is 20.8 Å². The zero-order valence-corrected chi connectivity index (χ0v) is 13.9. The summed E-state index contributed by atoms with van der Waals surface area (Å²) in [5.74, 6) is 0. The molecule has 20 heavy (non-hydrogen) atoms. The van der Waals surface area contributed by atoms with Crippen molar-refractivity contribution in [2.45, 2.75) is 24.8 Å². The zero-order valence-electron chi connectivity index (χ0n) is 10.7. The number of aliphatic hydroxyl groups is 1. The van der Waals surface area contributed by atoms with Gasteiger partial charge in [-0.1, -0.05) is 0 Å². The second-order valence-electron chi connectivity index (χ2n) is 4.14. The molecule has 0 saturated carbocycles. The number of sulfonamides is 1. The van der Waals surface area contributed by atoms with Crippen molar-refractivity contribution in [2.24, 2.45) is 0 Å². The van der Waals surface area contributed by atoms with Gasteiger partial charge in [0, 0.05) is 11.4 Å². The molecular weight excluding hydrogens is 366 g/mol. The van der Waals surface area contributed by atoms with Crippen molar-refractivity contribution in [1.29, 1.82) is 0 Å². The van der Waals surface area contributed by atoms with Crippen LogP contribution in [0.2, 0.25) is 0 Å². The summed E-state index contributed by atoms with van der Waals surface area (Å²) in [4.78, 5) is 1.12. The van der Waals surface area contributed by atoms with E-state index < -0.39 is 16.6 Å². The van der Waals surface area contributed by atoms with Gasteiger partial charge >= 0.3 is 0 Å². The average molecular weight is 380 g/mol. The molecule has 0 unspecified atom stereocenters. The number of aromatic nitrogens is 2. The molecule has 6 nitrogen and oxygen atoms in total. The Morgan fingerprint density at radius 1 is 1.50 bits per heavy atom. The van der Waals surface area contributed by atoms with Crippen LogP contribution in [0.1, 0.15) is 16.3 Å². The van der Waals surface area contributed by atoms with E-state index in [1.165, 1.54) is 0 Å². The maximum absolute atomic E-state index is 12.2. The summed E-state index contributed by atoms with van der Waals surface area (Å²) in [7, 11) is -3.66. The monoisotopic (exact) mass is 379 g/mol. The lowest BCUT2D eigenvalue weighted by atomic mass is 10.3. The standard InChI is InChI=1S/C11H14BrN3O3S2/c1-7-11(9(6-16)15-14-7)20(17,18)13-5-4-8-2-3-10(12)19-8/h2-3,13,16H,4-6H2,1H3,(H,14,15). The molecule has 110 valence electrons. The molecule has 0 aliphatic heterocycles. The SMILES string of the molecule is Cc1[nH]nc(CO)c1S(=O)(=O)NCCc1ccc(Br)s1. The molecule has 3 N–H and O–H groups in total. The molecule has 2 aromatic heterocycles. The van der Waals surface area contributed by atoms with Crippen LogP contribution in [0.3, 0.4) is 0 Å². The molecule has 0 bridgehead atoms. The van der Waals surface area contributed by atoms with Gasteiger partial charge in [0.25, 0.3) is 0 Å². The lowest BCUT2D eigenvalue weighted by molar-refractivity contribution is 0.273. The number of nitrogens with one attached hydrogen (secondary N) is 2. The molecular formula is C11H14BrN3O3S2. The van der Waals surface area contributed by atoms with Crippen LogP contribution in [0, 0.1) is 6.92 Å².